The fourth-order valence-electron chi connectivity index (χ4n) is 1.74. The molecular formula is C12H13N5O. The Labute approximate surface area is 104 Å². The van der Waals surface area contributed by atoms with Crippen LogP contribution in [-0.2, 0) is 0 Å². The number of benzene rings is 1. The molecule has 1 aromatic heterocycles. The molecule has 18 heavy (non-hydrogen) atoms. The van der Waals surface area contributed by atoms with Gasteiger partial charge in [-0.25, -0.2) is 9.69 Å². The fraction of sp³-hybridized carbons (Fsp3) is 0.0833. The summed E-state index contributed by atoms with van der Waals surface area (Å²) in [4.78, 5) is 17.1. The highest BCUT2D eigenvalue weighted by atomic mass is 16.2. The number of hydrogen-bond acceptors (Lipinski definition) is 3. The van der Waals surface area contributed by atoms with Crippen molar-refractivity contribution in [1.82, 2.24) is 10.3 Å². The van der Waals surface area contributed by atoms with E-state index in [0.29, 0.717) is 5.69 Å². The van der Waals surface area contributed by atoms with E-state index in [1.165, 1.54) is 7.05 Å². The van der Waals surface area contributed by atoms with Crippen LogP contribution in [0.25, 0.3) is 10.9 Å². The van der Waals surface area contributed by atoms with E-state index in [1.807, 2.05) is 24.3 Å². The number of guanidine groups is 1. The van der Waals surface area contributed by atoms with Gasteiger partial charge in [0.1, 0.15) is 0 Å². The predicted molar refractivity (Wildman–Crippen MR) is 70.6 cm³/mol. The molecule has 0 unspecified atom stereocenters. The van der Waals surface area contributed by atoms with Gasteiger partial charge < -0.3 is 11.1 Å². The summed E-state index contributed by atoms with van der Waals surface area (Å²) in [5, 5.41) is 10.7. The van der Waals surface area contributed by atoms with Crippen LogP contribution in [0.3, 0.4) is 0 Å². The molecular weight excluding hydrogens is 230 g/mol. The number of hydrogen-bond donors (Lipinski definition) is 3. The standard InChI is InChI=1S/C12H13N5O/c1-15-12(18)17(11(13)14)10-6-7-16-9-5-3-2-4-8(9)10/h2-7H,1H3,(H3,13,14)(H,15,18). The SMILES string of the molecule is CNC(=O)N(C(=N)N)c1ccnc2ccccc12. The highest BCUT2D eigenvalue weighted by Gasteiger charge is 2.19. The third kappa shape index (κ3) is 1.95. The second-order valence-corrected chi connectivity index (χ2v) is 3.62. The van der Waals surface area contributed by atoms with Gasteiger partial charge in [0.15, 0.2) is 0 Å². The van der Waals surface area contributed by atoms with E-state index in [4.69, 9.17) is 11.1 Å². The van der Waals surface area contributed by atoms with Crippen molar-refractivity contribution in [3.63, 3.8) is 0 Å². The summed E-state index contributed by atoms with van der Waals surface area (Å²) in [6.45, 7) is 0. The molecule has 0 atom stereocenters. The van der Waals surface area contributed by atoms with E-state index in [2.05, 4.69) is 10.3 Å². The number of carbonyl (C=O) groups is 1. The normalized spacial score (nSPS) is 10.1. The van der Waals surface area contributed by atoms with Crippen LogP contribution in [0.1, 0.15) is 0 Å². The van der Waals surface area contributed by atoms with Crippen LogP contribution < -0.4 is 16.0 Å². The fourth-order valence-corrected chi connectivity index (χ4v) is 1.74. The van der Waals surface area contributed by atoms with Gasteiger partial charge in [0.05, 0.1) is 11.2 Å². The molecule has 6 heteroatoms. The maximum Gasteiger partial charge on any atom is 0.328 e. The summed E-state index contributed by atoms with van der Waals surface area (Å²) < 4.78 is 0. The zero-order valence-electron chi connectivity index (χ0n) is 9.84. The average Bonchev–Trinajstić information content (AvgIpc) is 2.38. The Balaban J connectivity index is 2.64. The lowest BCUT2D eigenvalue weighted by molar-refractivity contribution is 0.251. The summed E-state index contributed by atoms with van der Waals surface area (Å²) in [6, 6.07) is 8.56. The second-order valence-electron chi connectivity index (χ2n) is 3.62. The van der Waals surface area contributed by atoms with E-state index in [1.54, 1.807) is 12.3 Å². The van der Waals surface area contributed by atoms with Gasteiger partial charge >= 0.3 is 6.03 Å². The van der Waals surface area contributed by atoms with Gasteiger partial charge in [-0.15, -0.1) is 0 Å². The Morgan fingerprint density at radius 3 is 2.78 bits per heavy atom. The number of nitrogens with zero attached hydrogens (tertiary/aromatic N) is 2. The van der Waals surface area contributed by atoms with Crippen molar-refractivity contribution in [2.24, 2.45) is 5.73 Å². The maximum atomic E-state index is 11.8. The lowest BCUT2D eigenvalue weighted by Gasteiger charge is -2.21. The molecule has 0 saturated carbocycles. The molecule has 2 amide bonds. The molecule has 0 fully saturated rings. The van der Waals surface area contributed by atoms with Crippen LogP contribution in [0.4, 0.5) is 10.5 Å². The molecule has 2 aromatic rings. The Hall–Kier alpha value is -2.63. The zero-order chi connectivity index (χ0) is 13.1. The molecule has 1 heterocycles. The first-order valence-electron chi connectivity index (χ1n) is 5.34. The van der Waals surface area contributed by atoms with Crippen molar-refractivity contribution in [1.29, 1.82) is 5.41 Å². The van der Waals surface area contributed by atoms with Gasteiger partial charge in [-0.05, 0) is 12.1 Å². The molecule has 1 aromatic carbocycles. The van der Waals surface area contributed by atoms with E-state index >= 15 is 0 Å². The summed E-state index contributed by atoms with van der Waals surface area (Å²) >= 11 is 0. The topological polar surface area (TPSA) is 95.1 Å². The van der Waals surface area contributed by atoms with E-state index in [0.717, 1.165) is 15.8 Å². The number of urea groups is 1. The van der Waals surface area contributed by atoms with Crippen LogP contribution in [-0.4, -0.2) is 24.0 Å². The Bertz CT molecular complexity index is 605. The number of nitrogens with one attached hydrogen (secondary N) is 2. The van der Waals surface area contributed by atoms with E-state index < -0.39 is 6.03 Å². The number of para-hydroxylation sites is 1. The highest BCUT2D eigenvalue weighted by Crippen LogP contribution is 2.24. The summed E-state index contributed by atoms with van der Waals surface area (Å²) in [6.07, 6.45) is 1.58. The predicted octanol–water partition coefficient (Wildman–Crippen LogP) is 1.27. The first-order chi connectivity index (χ1) is 8.65. The van der Waals surface area contributed by atoms with Crippen LogP contribution in [0.2, 0.25) is 0 Å². The first kappa shape index (κ1) is 11.8. The number of carbonyl (C=O) groups excluding carboxylic acids is 1. The molecule has 0 spiro atoms. The minimum Gasteiger partial charge on any atom is -0.369 e. The molecule has 0 radical (unpaired) electrons. The number of rotatable bonds is 1. The maximum absolute atomic E-state index is 11.8. The number of anilines is 1. The van der Waals surface area contributed by atoms with E-state index in [9.17, 15) is 4.79 Å². The van der Waals surface area contributed by atoms with E-state index in [-0.39, 0.29) is 5.96 Å². The molecule has 0 aliphatic rings. The van der Waals surface area contributed by atoms with Crippen LogP contribution >= 0.6 is 0 Å². The number of aromatic nitrogens is 1. The quantitative estimate of drug-likeness (QED) is 0.520. The third-order valence-corrected chi connectivity index (χ3v) is 2.52. The van der Waals surface area contributed by atoms with Crippen LogP contribution in [0.15, 0.2) is 36.5 Å². The number of fused-ring (bicyclic) bond motifs is 1. The number of amides is 2. The Morgan fingerprint density at radius 2 is 2.11 bits per heavy atom. The van der Waals surface area contributed by atoms with Gasteiger partial charge in [0.25, 0.3) is 0 Å². The van der Waals surface area contributed by atoms with Crippen molar-refractivity contribution >= 4 is 28.6 Å². The van der Waals surface area contributed by atoms with Crippen molar-refractivity contribution in [3.8, 4) is 0 Å². The molecule has 92 valence electrons. The summed E-state index contributed by atoms with van der Waals surface area (Å²) in [7, 11) is 1.49. The lowest BCUT2D eigenvalue weighted by atomic mass is 10.2. The number of pyridine rings is 1. The summed E-state index contributed by atoms with van der Waals surface area (Å²) in [5.41, 5.74) is 6.74. The molecule has 6 nitrogen and oxygen atoms in total. The highest BCUT2D eigenvalue weighted by molar-refractivity contribution is 6.17. The largest absolute Gasteiger partial charge is 0.369 e. The zero-order valence-corrected chi connectivity index (χ0v) is 9.84. The van der Waals surface area contributed by atoms with Gasteiger partial charge in [-0.3, -0.25) is 10.4 Å². The minimum atomic E-state index is -0.459. The van der Waals surface area contributed by atoms with Gasteiger partial charge in [-0.1, -0.05) is 18.2 Å². The Kier molecular flexibility index (Phi) is 3.09. The van der Waals surface area contributed by atoms with Crippen molar-refractivity contribution < 1.29 is 4.79 Å². The van der Waals surface area contributed by atoms with Crippen molar-refractivity contribution in [2.75, 3.05) is 11.9 Å². The van der Waals surface area contributed by atoms with Crippen LogP contribution in [0, 0.1) is 5.41 Å². The molecule has 0 bridgehead atoms. The Morgan fingerprint density at radius 1 is 1.39 bits per heavy atom. The third-order valence-electron chi connectivity index (χ3n) is 2.52. The smallest absolute Gasteiger partial charge is 0.328 e. The minimum absolute atomic E-state index is 0.342. The lowest BCUT2D eigenvalue weighted by Crippen LogP contribution is -2.46. The first-order valence-corrected chi connectivity index (χ1v) is 5.34. The van der Waals surface area contributed by atoms with Crippen molar-refractivity contribution in [3.05, 3.63) is 36.5 Å². The monoisotopic (exact) mass is 243 g/mol. The van der Waals surface area contributed by atoms with Crippen LogP contribution in [0.5, 0.6) is 0 Å². The molecule has 0 aliphatic carbocycles. The van der Waals surface area contributed by atoms with Gasteiger partial charge in [-0.2, -0.15) is 0 Å². The van der Waals surface area contributed by atoms with Crippen molar-refractivity contribution in [2.45, 2.75) is 0 Å². The number of nitrogens with two attached hydrogens (primary N) is 1. The van der Waals surface area contributed by atoms with Gasteiger partial charge in [0.2, 0.25) is 5.96 Å². The summed E-state index contributed by atoms with van der Waals surface area (Å²) in [5.74, 6) is -0.342. The molecule has 0 aliphatic heterocycles. The average molecular weight is 243 g/mol. The molecule has 2 rings (SSSR count). The molecule has 4 N–H and O–H groups in total. The molecule has 0 saturated heterocycles. The second kappa shape index (κ2) is 4.70. The van der Waals surface area contributed by atoms with Gasteiger partial charge in [0, 0.05) is 18.6 Å².